The molecule has 0 radical (unpaired) electrons. The van der Waals surface area contributed by atoms with E-state index in [-0.39, 0.29) is 11.4 Å². The zero-order chi connectivity index (χ0) is 17.0. The number of alkyl halides is 3. The summed E-state index contributed by atoms with van der Waals surface area (Å²) in [5.74, 6) is -4.51. The van der Waals surface area contributed by atoms with Crippen molar-refractivity contribution < 1.29 is 31.9 Å². The molecule has 1 N–H and O–H groups in total. The number of hydrogen-bond donors (Lipinski definition) is 1. The average Bonchev–Trinajstić information content (AvgIpc) is 3.02. The molecule has 120 valence electrons. The molecule has 8 heteroatoms. The summed E-state index contributed by atoms with van der Waals surface area (Å²) in [6.07, 6.45) is -3.68. The van der Waals surface area contributed by atoms with Crippen molar-refractivity contribution in [2.24, 2.45) is 4.99 Å². The van der Waals surface area contributed by atoms with E-state index in [1.54, 1.807) is 0 Å². The Morgan fingerprint density at radius 2 is 1.87 bits per heavy atom. The van der Waals surface area contributed by atoms with Crippen LogP contribution in [0.1, 0.15) is 5.76 Å². The van der Waals surface area contributed by atoms with Crippen molar-refractivity contribution in [2.45, 2.75) is 6.18 Å². The lowest BCUT2D eigenvalue weighted by atomic mass is 10.1. The molecule has 1 aromatic heterocycles. The van der Waals surface area contributed by atoms with Crippen LogP contribution in [0.25, 0.3) is 5.76 Å². The van der Waals surface area contributed by atoms with Crippen LogP contribution in [0.4, 0.5) is 23.2 Å². The summed E-state index contributed by atoms with van der Waals surface area (Å²) in [7, 11) is 0. The van der Waals surface area contributed by atoms with E-state index in [1.807, 2.05) is 0 Å². The topological polar surface area (TPSA) is 62.8 Å². The molecule has 0 atom stereocenters. The molecule has 0 bridgehead atoms. The minimum atomic E-state index is -5.24. The standard InChI is InChI=1S/C15H9F4NO3/c16-10-4-1-2-5-11(10)20-8-9(14(22)15(17,18)19)13(21)12-6-3-7-23-12/h1-8,21H/b13-9-,20-8?. The number of ketones is 1. The molecule has 0 amide bonds. The summed E-state index contributed by atoms with van der Waals surface area (Å²) in [6.45, 7) is 0. The van der Waals surface area contributed by atoms with Crippen molar-refractivity contribution >= 4 is 23.4 Å². The predicted molar refractivity (Wildman–Crippen MR) is 73.9 cm³/mol. The van der Waals surface area contributed by atoms with Crippen molar-refractivity contribution in [3.8, 4) is 0 Å². The maximum absolute atomic E-state index is 13.4. The van der Waals surface area contributed by atoms with E-state index < -0.39 is 29.1 Å². The number of halogens is 4. The van der Waals surface area contributed by atoms with Crippen molar-refractivity contribution in [1.82, 2.24) is 0 Å². The molecule has 0 unspecified atom stereocenters. The molecule has 0 aliphatic carbocycles. The Labute approximate surface area is 127 Å². The van der Waals surface area contributed by atoms with Gasteiger partial charge in [0.15, 0.2) is 11.5 Å². The molecule has 4 nitrogen and oxygen atoms in total. The monoisotopic (exact) mass is 327 g/mol. The number of rotatable bonds is 4. The maximum atomic E-state index is 13.4. The average molecular weight is 327 g/mol. The molecule has 1 aromatic carbocycles. The number of allylic oxidation sites excluding steroid dienone is 1. The van der Waals surface area contributed by atoms with Crippen LogP contribution in [0.3, 0.4) is 0 Å². The molecule has 0 saturated heterocycles. The Balaban J connectivity index is 2.49. The van der Waals surface area contributed by atoms with Gasteiger partial charge >= 0.3 is 6.18 Å². The summed E-state index contributed by atoms with van der Waals surface area (Å²) in [4.78, 5) is 14.9. The van der Waals surface area contributed by atoms with Crippen LogP contribution in [0.2, 0.25) is 0 Å². The Morgan fingerprint density at radius 1 is 1.17 bits per heavy atom. The number of hydrogen-bond acceptors (Lipinski definition) is 4. The first kappa shape index (κ1) is 16.5. The third-order valence-corrected chi connectivity index (χ3v) is 2.70. The fraction of sp³-hybridized carbons (Fsp3) is 0.0667. The first-order valence-corrected chi connectivity index (χ1v) is 6.18. The summed E-state index contributed by atoms with van der Waals surface area (Å²) in [5.41, 5.74) is -1.44. The van der Waals surface area contributed by atoms with E-state index in [1.165, 1.54) is 24.3 Å². The van der Waals surface area contributed by atoms with Crippen molar-refractivity contribution in [1.29, 1.82) is 0 Å². The van der Waals surface area contributed by atoms with Gasteiger partial charge in [-0.25, -0.2) is 4.39 Å². The molecule has 0 aliphatic heterocycles. The van der Waals surface area contributed by atoms with Gasteiger partial charge in [0.1, 0.15) is 5.82 Å². The first-order chi connectivity index (χ1) is 10.8. The number of carbonyl (C=O) groups is 1. The van der Waals surface area contributed by atoms with Crippen LogP contribution in [0.5, 0.6) is 0 Å². The van der Waals surface area contributed by atoms with E-state index in [0.29, 0.717) is 6.21 Å². The van der Waals surface area contributed by atoms with E-state index in [2.05, 4.69) is 4.99 Å². The highest BCUT2D eigenvalue weighted by atomic mass is 19.4. The third-order valence-electron chi connectivity index (χ3n) is 2.70. The van der Waals surface area contributed by atoms with E-state index >= 15 is 0 Å². The fourth-order valence-electron chi connectivity index (χ4n) is 1.62. The predicted octanol–water partition coefficient (Wildman–Crippen LogP) is 4.22. The highest BCUT2D eigenvalue weighted by molar-refractivity contribution is 6.20. The quantitative estimate of drug-likeness (QED) is 0.396. The number of aliphatic hydroxyl groups is 1. The van der Waals surface area contributed by atoms with Gasteiger partial charge < -0.3 is 9.52 Å². The highest BCUT2D eigenvalue weighted by Gasteiger charge is 2.42. The van der Waals surface area contributed by atoms with E-state index in [0.717, 1.165) is 18.4 Å². The number of para-hydroxylation sites is 1. The Morgan fingerprint density at radius 3 is 2.43 bits per heavy atom. The maximum Gasteiger partial charge on any atom is 0.455 e. The summed E-state index contributed by atoms with van der Waals surface area (Å²) in [5, 5.41) is 9.83. The van der Waals surface area contributed by atoms with Gasteiger partial charge in [0, 0.05) is 6.21 Å². The number of nitrogens with zero attached hydrogens (tertiary/aromatic N) is 1. The van der Waals surface area contributed by atoms with Gasteiger partial charge in [0.25, 0.3) is 5.78 Å². The second-order valence-corrected chi connectivity index (χ2v) is 4.28. The van der Waals surface area contributed by atoms with E-state index in [9.17, 15) is 27.5 Å². The van der Waals surface area contributed by atoms with Crippen LogP contribution in [-0.4, -0.2) is 23.3 Å². The number of benzene rings is 1. The summed E-state index contributed by atoms with van der Waals surface area (Å²) in [6, 6.07) is 7.51. The lowest BCUT2D eigenvalue weighted by Crippen LogP contribution is -2.26. The summed E-state index contributed by atoms with van der Waals surface area (Å²) < 4.78 is 56.1. The van der Waals surface area contributed by atoms with Crippen LogP contribution in [0, 0.1) is 5.82 Å². The third kappa shape index (κ3) is 3.85. The zero-order valence-corrected chi connectivity index (χ0v) is 11.3. The molecule has 0 spiro atoms. The molecule has 23 heavy (non-hydrogen) atoms. The Kier molecular flexibility index (Phi) is 4.63. The number of carbonyl (C=O) groups excluding carboxylic acids is 1. The number of furan rings is 1. The van der Waals surface area contributed by atoms with Crippen LogP contribution >= 0.6 is 0 Å². The molecule has 2 aromatic rings. The van der Waals surface area contributed by atoms with Crippen molar-refractivity contribution in [3.05, 3.63) is 59.8 Å². The van der Waals surface area contributed by atoms with Crippen molar-refractivity contribution in [3.63, 3.8) is 0 Å². The highest BCUT2D eigenvalue weighted by Crippen LogP contribution is 2.26. The lowest BCUT2D eigenvalue weighted by molar-refractivity contribution is -0.165. The van der Waals surface area contributed by atoms with Gasteiger partial charge in [-0.05, 0) is 24.3 Å². The number of aliphatic hydroxyl groups excluding tert-OH is 1. The van der Waals surface area contributed by atoms with Gasteiger partial charge in [0.05, 0.1) is 17.5 Å². The SMILES string of the molecule is O=C(/C(C=Nc1ccccc1F)=C(\O)c1ccco1)C(F)(F)F. The number of aliphatic imine (C=N–C) groups is 1. The van der Waals surface area contributed by atoms with Gasteiger partial charge in [0.2, 0.25) is 0 Å². The zero-order valence-electron chi connectivity index (χ0n) is 11.3. The Hall–Kier alpha value is -2.90. The lowest BCUT2D eigenvalue weighted by Gasteiger charge is -2.07. The van der Waals surface area contributed by atoms with Gasteiger partial charge in [-0.2, -0.15) is 13.2 Å². The fourth-order valence-corrected chi connectivity index (χ4v) is 1.62. The molecular formula is C15H9F4NO3. The largest absolute Gasteiger partial charge is 0.504 e. The molecule has 0 saturated carbocycles. The minimum Gasteiger partial charge on any atom is -0.504 e. The van der Waals surface area contributed by atoms with Gasteiger partial charge in [-0.15, -0.1) is 0 Å². The van der Waals surface area contributed by atoms with Crippen LogP contribution < -0.4 is 0 Å². The number of Topliss-reactive ketones (excluding diaryl/α,β-unsaturated/α-hetero) is 1. The van der Waals surface area contributed by atoms with E-state index in [4.69, 9.17) is 4.42 Å². The molecule has 2 rings (SSSR count). The molecular weight excluding hydrogens is 318 g/mol. The van der Waals surface area contributed by atoms with Gasteiger partial charge in [-0.1, -0.05) is 12.1 Å². The van der Waals surface area contributed by atoms with Gasteiger partial charge in [-0.3, -0.25) is 9.79 Å². The second-order valence-electron chi connectivity index (χ2n) is 4.28. The van der Waals surface area contributed by atoms with Crippen LogP contribution in [-0.2, 0) is 4.79 Å². The minimum absolute atomic E-state index is 0.285. The van der Waals surface area contributed by atoms with Crippen LogP contribution in [0.15, 0.2) is 57.6 Å². The Bertz CT molecular complexity index is 761. The first-order valence-electron chi connectivity index (χ1n) is 6.18. The molecule has 0 aliphatic rings. The second kappa shape index (κ2) is 6.47. The van der Waals surface area contributed by atoms with Crippen molar-refractivity contribution in [2.75, 3.05) is 0 Å². The molecule has 0 fully saturated rings. The molecule has 1 heterocycles. The summed E-state index contributed by atoms with van der Waals surface area (Å²) >= 11 is 0. The normalized spacial score (nSPS) is 13.2. The smallest absolute Gasteiger partial charge is 0.455 e.